The Morgan fingerprint density at radius 2 is 1.35 bits per heavy atom. The lowest BCUT2D eigenvalue weighted by atomic mass is 10.1. The zero-order chi connectivity index (χ0) is 22.5. The molecule has 158 valence electrons. The number of carboxylic acid groups (broad SMARTS) is 1. The fraction of sp³-hybridized carbons (Fsp3) is 0.0909. The van der Waals surface area contributed by atoms with Crippen molar-refractivity contribution in [2.45, 2.75) is 0 Å². The second kappa shape index (κ2) is 9.95. The van der Waals surface area contributed by atoms with Crippen LogP contribution < -0.4 is 0 Å². The van der Waals surface area contributed by atoms with E-state index in [9.17, 15) is 9.59 Å². The molecule has 9 heteroatoms. The van der Waals surface area contributed by atoms with E-state index in [1.807, 2.05) is 36.4 Å². The molecule has 2 aromatic carbocycles. The summed E-state index contributed by atoms with van der Waals surface area (Å²) < 4.78 is 1.87. The van der Waals surface area contributed by atoms with Gasteiger partial charge in [0.25, 0.3) is 5.91 Å². The average Bonchev–Trinajstić information content (AvgIpc) is 2.77. The van der Waals surface area contributed by atoms with E-state index in [2.05, 4.69) is 41.8 Å². The summed E-state index contributed by atoms with van der Waals surface area (Å²) in [5, 5.41) is 11.7. The normalized spacial score (nSPS) is 10.5. The number of amides is 1. The van der Waals surface area contributed by atoms with Gasteiger partial charge >= 0.3 is 5.97 Å². The van der Waals surface area contributed by atoms with Crippen molar-refractivity contribution >= 4 is 65.5 Å². The molecule has 4 aromatic rings. The van der Waals surface area contributed by atoms with Crippen molar-refractivity contribution in [3.63, 3.8) is 0 Å². The number of aromatic nitrogens is 2. The number of carbonyl (C=O) groups is 2. The van der Waals surface area contributed by atoms with E-state index in [0.717, 1.165) is 30.8 Å². The number of hydroxylamine groups is 2. The number of hydrogen-bond acceptors (Lipinski definition) is 5. The number of benzene rings is 2. The van der Waals surface area contributed by atoms with E-state index in [1.165, 1.54) is 18.4 Å². The monoisotopic (exact) mass is 545 g/mol. The molecule has 0 spiro atoms. The molecule has 0 aliphatic rings. The number of aromatic carboxylic acids is 1. The van der Waals surface area contributed by atoms with Gasteiger partial charge in [-0.3, -0.25) is 19.6 Å². The number of nitrogens with zero attached hydrogens (tertiary/aromatic N) is 3. The summed E-state index contributed by atoms with van der Waals surface area (Å²) in [6.45, 7) is 0. The molecule has 0 saturated heterocycles. The van der Waals surface area contributed by atoms with Crippen LogP contribution in [0.2, 0.25) is 0 Å². The summed E-state index contributed by atoms with van der Waals surface area (Å²) in [5.74, 6) is -1.18. The van der Waals surface area contributed by atoms with Crippen molar-refractivity contribution in [2.75, 3.05) is 14.2 Å². The van der Waals surface area contributed by atoms with Gasteiger partial charge in [-0.05, 0) is 48.5 Å². The van der Waals surface area contributed by atoms with E-state index < -0.39 is 5.97 Å². The molecular weight excluding hydrogens is 530 g/mol. The maximum absolute atomic E-state index is 11.9. The summed E-state index contributed by atoms with van der Waals surface area (Å²) in [6.07, 6.45) is 2.91. The molecule has 0 radical (unpaired) electrons. The van der Waals surface area contributed by atoms with Gasteiger partial charge in [-0.15, -0.1) is 0 Å². The molecule has 0 aliphatic carbocycles. The molecule has 0 bridgehead atoms. The fourth-order valence-corrected chi connectivity index (χ4v) is 3.46. The van der Waals surface area contributed by atoms with E-state index >= 15 is 0 Å². The van der Waals surface area contributed by atoms with Crippen LogP contribution in [-0.4, -0.2) is 46.2 Å². The molecule has 0 unspecified atom stereocenters. The Morgan fingerprint density at radius 3 is 1.84 bits per heavy atom. The van der Waals surface area contributed by atoms with Crippen LogP contribution >= 0.6 is 31.9 Å². The second-order valence-electron chi connectivity index (χ2n) is 6.41. The first-order valence-corrected chi connectivity index (χ1v) is 10.5. The van der Waals surface area contributed by atoms with Crippen LogP contribution in [-0.2, 0) is 4.84 Å². The van der Waals surface area contributed by atoms with E-state index in [0.29, 0.717) is 5.56 Å². The lowest BCUT2D eigenvalue weighted by Crippen LogP contribution is -2.25. The van der Waals surface area contributed by atoms with E-state index in [1.54, 1.807) is 25.4 Å². The van der Waals surface area contributed by atoms with Crippen LogP contribution in [0, 0.1) is 0 Å². The first-order chi connectivity index (χ1) is 14.8. The topological polar surface area (TPSA) is 92.6 Å². The van der Waals surface area contributed by atoms with Crippen molar-refractivity contribution < 1.29 is 19.5 Å². The van der Waals surface area contributed by atoms with Gasteiger partial charge in [0.2, 0.25) is 0 Å². The lowest BCUT2D eigenvalue weighted by Gasteiger charge is -2.13. The number of carbonyl (C=O) groups excluding carboxylic acids is 1. The number of hydrogen-bond donors (Lipinski definition) is 1. The maximum atomic E-state index is 11.9. The highest BCUT2D eigenvalue weighted by Gasteiger charge is 2.12. The van der Waals surface area contributed by atoms with Crippen LogP contribution in [0.3, 0.4) is 0 Å². The van der Waals surface area contributed by atoms with E-state index in [4.69, 9.17) is 9.94 Å². The molecule has 1 N–H and O–H groups in total. The van der Waals surface area contributed by atoms with Crippen LogP contribution in [0.4, 0.5) is 0 Å². The average molecular weight is 547 g/mol. The molecule has 4 rings (SSSR count). The second-order valence-corrected chi connectivity index (χ2v) is 8.24. The van der Waals surface area contributed by atoms with Crippen molar-refractivity contribution in [3.8, 4) is 0 Å². The largest absolute Gasteiger partial charge is 0.478 e. The number of carboxylic acids is 1. The van der Waals surface area contributed by atoms with Gasteiger partial charge in [0.15, 0.2) is 0 Å². The van der Waals surface area contributed by atoms with Crippen molar-refractivity contribution in [1.29, 1.82) is 0 Å². The van der Waals surface area contributed by atoms with Crippen molar-refractivity contribution in [3.05, 3.63) is 81.0 Å². The van der Waals surface area contributed by atoms with Crippen LogP contribution in [0.5, 0.6) is 0 Å². The zero-order valence-electron chi connectivity index (χ0n) is 16.5. The molecule has 7 nitrogen and oxygen atoms in total. The Labute approximate surface area is 194 Å². The molecule has 0 aliphatic heterocycles. The van der Waals surface area contributed by atoms with Gasteiger partial charge < -0.3 is 5.11 Å². The summed E-state index contributed by atoms with van der Waals surface area (Å²) >= 11 is 6.71. The fourth-order valence-electron chi connectivity index (χ4n) is 2.70. The van der Waals surface area contributed by atoms with Gasteiger partial charge in [0.05, 0.1) is 29.3 Å². The summed E-state index contributed by atoms with van der Waals surface area (Å²) in [6, 6.07) is 14.7. The Bertz CT molecular complexity index is 1280. The van der Waals surface area contributed by atoms with Gasteiger partial charge in [0, 0.05) is 39.2 Å². The van der Waals surface area contributed by atoms with Crippen LogP contribution in [0.15, 0.2) is 69.9 Å². The smallest absolute Gasteiger partial charge is 0.337 e. The summed E-state index contributed by atoms with van der Waals surface area (Å²) in [4.78, 5) is 35.7. The molecule has 2 aromatic heterocycles. The van der Waals surface area contributed by atoms with E-state index in [-0.39, 0.29) is 11.5 Å². The van der Waals surface area contributed by atoms with Crippen molar-refractivity contribution in [1.82, 2.24) is 15.0 Å². The van der Waals surface area contributed by atoms with Gasteiger partial charge in [0.1, 0.15) is 0 Å². The third-order valence-corrected chi connectivity index (χ3v) is 5.33. The number of rotatable bonds is 3. The quantitative estimate of drug-likeness (QED) is 0.349. The Kier molecular flexibility index (Phi) is 7.32. The molecule has 1 amide bonds. The minimum atomic E-state index is -0.959. The summed E-state index contributed by atoms with van der Waals surface area (Å²) in [7, 11) is 3.01. The van der Waals surface area contributed by atoms with Gasteiger partial charge in [-0.1, -0.05) is 31.9 Å². The molecule has 0 saturated carbocycles. The molecule has 2 heterocycles. The highest BCUT2D eigenvalue weighted by atomic mass is 79.9. The third kappa shape index (κ3) is 5.63. The van der Waals surface area contributed by atoms with Crippen LogP contribution in [0.25, 0.3) is 21.8 Å². The number of fused-ring (bicyclic) bond motifs is 2. The highest BCUT2D eigenvalue weighted by Crippen LogP contribution is 2.20. The Balaban J connectivity index is 0.000000179. The van der Waals surface area contributed by atoms with Crippen molar-refractivity contribution in [2.24, 2.45) is 0 Å². The van der Waals surface area contributed by atoms with Crippen LogP contribution in [0.1, 0.15) is 20.7 Å². The van der Waals surface area contributed by atoms with Gasteiger partial charge in [-0.25, -0.2) is 9.86 Å². The first-order valence-electron chi connectivity index (χ1n) is 8.94. The first kappa shape index (κ1) is 22.8. The zero-order valence-corrected chi connectivity index (χ0v) is 19.7. The minimum Gasteiger partial charge on any atom is -0.478 e. The summed E-state index contributed by atoms with van der Waals surface area (Å²) in [5.41, 5.74) is 2.35. The molecule has 0 atom stereocenters. The SMILES string of the molecule is CON(C)C(=O)c1cnc2ccc(Br)cc2c1.O=C(O)c1cnc2ccc(Br)cc2c1. The third-order valence-electron chi connectivity index (χ3n) is 4.34. The Morgan fingerprint density at radius 1 is 0.871 bits per heavy atom. The maximum Gasteiger partial charge on any atom is 0.337 e. The predicted molar refractivity (Wildman–Crippen MR) is 125 cm³/mol. The number of pyridine rings is 2. The van der Waals surface area contributed by atoms with Gasteiger partial charge in [-0.2, -0.15) is 0 Å². The number of halogens is 2. The highest BCUT2D eigenvalue weighted by molar-refractivity contribution is 9.10. The molecule has 0 fully saturated rings. The molecule has 31 heavy (non-hydrogen) atoms. The Hall–Kier alpha value is -2.88. The minimum absolute atomic E-state index is 0.204. The lowest BCUT2D eigenvalue weighted by molar-refractivity contribution is -0.0757. The predicted octanol–water partition coefficient (Wildman–Crippen LogP) is 5.33. The molecular formula is C22H17Br2N3O4. The standard InChI is InChI=1S/C12H11BrN2O2.C10H6BrNO2/c1-15(17-2)12(16)9-5-8-6-10(13)3-4-11(8)14-7-9;11-8-1-2-9-6(4-8)3-7(5-12-9)10(13)14/h3-7H,1-2H3;1-5H,(H,13,14).